The van der Waals surface area contributed by atoms with Crippen LogP contribution in [-0.2, 0) is 4.79 Å². The van der Waals surface area contributed by atoms with E-state index < -0.39 is 18.0 Å². The molecule has 3 heterocycles. The molecule has 2 saturated heterocycles. The summed E-state index contributed by atoms with van der Waals surface area (Å²) < 4.78 is 47.5. The topological polar surface area (TPSA) is 84.9 Å². The zero-order valence-corrected chi connectivity index (χ0v) is 18.2. The molecular formula is C23H23F3N4O4. The normalized spacial score (nSPS) is 22.9. The number of aromatic nitrogens is 2. The average Bonchev–Trinajstić information content (AvgIpc) is 3.58. The van der Waals surface area contributed by atoms with Gasteiger partial charge >= 0.3 is 6.36 Å². The number of fused-ring (bicyclic) bond motifs is 1. The summed E-state index contributed by atoms with van der Waals surface area (Å²) in [4.78, 5) is 37.7. The van der Waals surface area contributed by atoms with Gasteiger partial charge in [-0.05, 0) is 31.0 Å². The van der Waals surface area contributed by atoms with Crippen LogP contribution in [-0.4, -0.2) is 69.7 Å². The first-order valence-corrected chi connectivity index (χ1v) is 11.2. The molecule has 1 saturated carbocycles. The van der Waals surface area contributed by atoms with Crippen molar-refractivity contribution < 1.29 is 32.2 Å². The molecule has 11 heteroatoms. The summed E-state index contributed by atoms with van der Waals surface area (Å²) in [5.41, 5.74) is 1.03. The first kappa shape index (κ1) is 22.4. The van der Waals surface area contributed by atoms with Crippen molar-refractivity contribution in [1.29, 1.82) is 0 Å². The number of rotatable bonds is 5. The molecule has 0 radical (unpaired) electrons. The molecule has 2 aromatic rings. The number of benzene rings is 1. The quantitative estimate of drug-likeness (QED) is 0.659. The van der Waals surface area contributed by atoms with Gasteiger partial charge < -0.3 is 19.3 Å². The third kappa shape index (κ3) is 5.07. The highest BCUT2D eigenvalue weighted by atomic mass is 19.4. The fraction of sp³-hybridized carbons (Fsp3) is 0.478. The van der Waals surface area contributed by atoms with Gasteiger partial charge in [-0.25, -0.2) is 4.98 Å². The predicted molar refractivity (Wildman–Crippen MR) is 112 cm³/mol. The van der Waals surface area contributed by atoms with E-state index in [1.807, 2.05) is 0 Å². The van der Waals surface area contributed by atoms with Gasteiger partial charge in [-0.2, -0.15) is 0 Å². The monoisotopic (exact) mass is 476 g/mol. The van der Waals surface area contributed by atoms with E-state index in [1.54, 1.807) is 17.3 Å². The lowest BCUT2D eigenvalue weighted by molar-refractivity contribution is -0.274. The number of carbonyl (C=O) groups is 2. The van der Waals surface area contributed by atoms with E-state index in [2.05, 4.69) is 14.7 Å². The van der Waals surface area contributed by atoms with Crippen molar-refractivity contribution in [2.24, 2.45) is 0 Å². The Morgan fingerprint density at radius 2 is 1.94 bits per heavy atom. The predicted octanol–water partition coefficient (Wildman–Crippen LogP) is 3.15. The minimum Gasteiger partial charge on any atom is -0.471 e. The molecule has 0 spiro atoms. The Kier molecular flexibility index (Phi) is 5.78. The molecule has 34 heavy (non-hydrogen) atoms. The summed E-state index contributed by atoms with van der Waals surface area (Å²) in [6.07, 6.45) is 1.10. The van der Waals surface area contributed by atoms with Gasteiger partial charge in [0.25, 0.3) is 5.91 Å². The average molecular weight is 476 g/mol. The Morgan fingerprint density at radius 1 is 1.12 bits per heavy atom. The van der Waals surface area contributed by atoms with Crippen LogP contribution in [0.2, 0.25) is 0 Å². The number of amides is 2. The van der Waals surface area contributed by atoms with Crippen molar-refractivity contribution in [3.8, 4) is 11.6 Å². The molecule has 0 N–H and O–H groups in total. The van der Waals surface area contributed by atoms with Crippen LogP contribution in [0.25, 0.3) is 0 Å². The van der Waals surface area contributed by atoms with Crippen LogP contribution in [0.1, 0.15) is 47.7 Å². The minimum absolute atomic E-state index is 0.0690. The van der Waals surface area contributed by atoms with Crippen molar-refractivity contribution in [2.75, 3.05) is 19.6 Å². The molecule has 1 aliphatic carbocycles. The maximum Gasteiger partial charge on any atom is 0.573 e. The van der Waals surface area contributed by atoms with E-state index in [4.69, 9.17) is 4.74 Å². The van der Waals surface area contributed by atoms with Crippen molar-refractivity contribution in [1.82, 2.24) is 19.8 Å². The Labute approximate surface area is 193 Å². The molecule has 8 nitrogen and oxygen atoms in total. The number of hydrogen-bond acceptors (Lipinski definition) is 6. The molecular weight excluding hydrogens is 453 g/mol. The van der Waals surface area contributed by atoms with Crippen LogP contribution < -0.4 is 9.47 Å². The van der Waals surface area contributed by atoms with Crippen LogP contribution in [0.15, 0.2) is 36.7 Å². The summed E-state index contributed by atoms with van der Waals surface area (Å²) in [6, 6.07) is 4.71. The molecule has 2 atom stereocenters. The van der Waals surface area contributed by atoms with E-state index in [9.17, 15) is 22.8 Å². The molecule has 3 fully saturated rings. The van der Waals surface area contributed by atoms with Crippen LogP contribution in [0.3, 0.4) is 0 Å². The van der Waals surface area contributed by atoms with E-state index in [-0.39, 0.29) is 43.1 Å². The van der Waals surface area contributed by atoms with Crippen molar-refractivity contribution in [3.63, 3.8) is 0 Å². The Morgan fingerprint density at radius 3 is 2.65 bits per heavy atom. The second-order valence-corrected chi connectivity index (χ2v) is 8.81. The first-order valence-electron chi connectivity index (χ1n) is 11.2. The van der Waals surface area contributed by atoms with Gasteiger partial charge in [0.2, 0.25) is 11.8 Å². The highest BCUT2D eigenvalue weighted by Crippen LogP contribution is 2.38. The number of ether oxygens (including phenoxy) is 2. The number of hydrogen-bond donors (Lipinski definition) is 0. The molecule has 5 rings (SSSR count). The Bertz CT molecular complexity index is 1070. The number of carbonyl (C=O) groups excluding carboxylic acids is 2. The molecule has 2 aliphatic heterocycles. The molecule has 1 aromatic carbocycles. The van der Waals surface area contributed by atoms with E-state index in [1.165, 1.54) is 17.0 Å². The first-order chi connectivity index (χ1) is 16.2. The lowest BCUT2D eigenvalue weighted by atomic mass is 10.1. The lowest BCUT2D eigenvalue weighted by Crippen LogP contribution is -2.40. The van der Waals surface area contributed by atoms with Crippen molar-refractivity contribution in [3.05, 3.63) is 47.9 Å². The zero-order chi connectivity index (χ0) is 23.9. The highest BCUT2D eigenvalue weighted by molar-refractivity contribution is 5.95. The van der Waals surface area contributed by atoms with Crippen molar-refractivity contribution in [2.45, 2.75) is 50.1 Å². The largest absolute Gasteiger partial charge is 0.573 e. The van der Waals surface area contributed by atoms with Gasteiger partial charge in [0.05, 0.1) is 30.7 Å². The maximum atomic E-state index is 13.0. The lowest BCUT2D eigenvalue weighted by Gasteiger charge is -2.25. The number of alkyl halides is 3. The molecule has 2 amide bonds. The molecule has 1 aromatic heterocycles. The summed E-state index contributed by atoms with van der Waals surface area (Å²) >= 11 is 0. The van der Waals surface area contributed by atoms with Crippen LogP contribution in [0, 0.1) is 0 Å². The number of nitrogens with zero attached hydrogens (tertiary/aromatic N) is 4. The van der Waals surface area contributed by atoms with Gasteiger partial charge in [-0.15, -0.1) is 13.2 Å². The third-order valence-corrected chi connectivity index (χ3v) is 6.26. The van der Waals surface area contributed by atoms with E-state index >= 15 is 0 Å². The summed E-state index contributed by atoms with van der Waals surface area (Å²) in [5.74, 6) is -0.112. The van der Waals surface area contributed by atoms with E-state index in [0.717, 1.165) is 30.7 Å². The van der Waals surface area contributed by atoms with Crippen LogP contribution in [0.4, 0.5) is 13.2 Å². The summed E-state index contributed by atoms with van der Waals surface area (Å²) in [5, 5.41) is 0. The Balaban J connectivity index is 1.24. The Hall–Kier alpha value is -3.37. The van der Waals surface area contributed by atoms with Crippen LogP contribution in [0.5, 0.6) is 11.6 Å². The molecule has 0 bridgehead atoms. The second-order valence-electron chi connectivity index (χ2n) is 8.81. The van der Waals surface area contributed by atoms with Gasteiger partial charge in [0, 0.05) is 37.4 Å². The highest BCUT2D eigenvalue weighted by Gasteiger charge is 2.40. The molecule has 0 unspecified atom stereocenters. The van der Waals surface area contributed by atoms with Gasteiger partial charge in [-0.1, -0.05) is 6.07 Å². The summed E-state index contributed by atoms with van der Waals surface area (Å²) in [6.45, 7) is 0.836. The molecule has 180 valence electrons. The molecule has 3 aliphatic rings. The van der Waals surface area contributed by atoms with Gasteiger partial charge in [0.15, 0.2) is 0 Å². The maximum absolute atomic E-state index is 13.0. The standard InChI is InChI=1S/C23H23F3N4O4/c24-23(25,26)34-17-3-1-2-15(8-17)22(32)29-7-6-21(31)30-13-18(9-16(30)12-29)33-20-11-27-19(10-28-20)14-4-5-14/h1-3,8,10-11,14,16,18H,4-7,9,12-13H2/t16-,18+/m0/s1. The zero-order valence-electron chi connectivity index (χ0n) is 18.2. The van der Waals surface area contributed by atoms with Crippen molar-refractivity contribution >= 4 is 11.8 Å². The third-order valence-electron chi connectivity index (χ3n) is 6.26. The van der Waals surface area contributed by atoms with E-state index in [0.29, 0.717) is 24.8 Å². The summed E-state index contributed by atoms with van der Waals surface area (Å²) in [7, 11) is 0. The smallest absolute Gasteiger partial charge is 0.471 e. The minimum atomic E-state index is -4.85. The van der Waals surface area contributed by atoms with Gasteiger partial charge in [0.1, 0.15) is 11.9 Å². The van der Waals surface area contributed by atoms with Crippen LogP contribution >= 0.6 is 0 Å². The fourth-order valence-corrected chi connectivity index (χ4v) is 4.50. The fourth-order valence-electron chi connectivity index (χ4n) is 4.50. The second kappa shape index (κ2) is 8.77. The number of halogens is 3. The SMILES string of the molecule is O=C(c1cccc(OC(F)(F)F)c1)N1CCC(=O)N2C[C@H](Oc3cnc(C4CC4)cn3)C[C@H]2C1. The van der Waals surface area contributed by atoms with Gasteiger partial charge in [-0.3, -0.25) is 14.6 Å².